The molecule has 2 aromatic rings. The molecule has 28 heavy (non-hydrogen) atoms. The van der Waals surface area contributed by atoms with Gasteiger partial charge in [0.2, 0.25) is 9.47 Å². The lowest BCUT2D eigenvalue weighted by molar-refractivity contribution is -0.122. The van der Waals surface area contributed by atoms with Crippen LogP contribution in [0.2, 0.25) is 0 Å². The highest BCUT2D eigenvalue weighted by molar-refractivity contribution is 7.91. The minimum absolute atomic E-state index is 0.0950. The molecule has 0 radical (unpaired) electrons. The largest absolute Gasteiger partial charge is 0.481 e. The summed E-state index contributed by atoms with van der Waals surface area (Å²) in [5, 5.41) is 10.1. The molecule has 1 aromatic carbocycles. The third-order valence-corrected chi connectivity index (χ3v) is 6.71. The van der Waals surface area contributed by atoms with E-state index in [4.69, 9.17) is 9.47 Å². The molecule has 1 aromatic heterocycles. The van der Waals surface area contributed by atoms with Crippen molar-refractivity contribution in [3.63, 3.8) is 0 Å². The Morgan fingerprint density at radius 2 is 2.14 bits per heavy atom. The monoisotopic (exact) mass is 426 g/mol. The van der Waals surface area contributed by atoms with Gasteiger partial charge in [-0.3, -0.25) is 10.1 Å². The van der Waals surface area contributed by atoms with Crippen LogP contribution in [0, 0.1) is 0 Å². The van der Waals surface area contributed by atoms with Crippen molar-refractivity contribution in [2.75, 3.05) is 18.5 Å². The average Bonchev–Trinajstić information content (AvgIpc) is 3.37. The van der Waals surface area contributed by atoms with Crippen molar-refractivity contribution in [1.82, 2.24) is 14.9 Å². The number of anilines is 1. The topological polar surface area (TPSA) is 120 Å². The van der Waals surface area contributed by atoms with Gasteiger partial charge >= 0.3 is 0 Å². The van der Waals surface area contributed by atoms with Gasteiger partial charge in [0.1, 0.15) is 5.75 Å². The summed E-state index contributed by atoms with van der Waals surface area (Å²) < 4.78 is 38.0. The van der Waals surface area contributed by atoms with E-state index in [1.54, 1.807) is 12.1 Å². The molecular formula is C17H22N4O5S2. The lowest BCUT2D eigenvalue weighted by atomic mass is 10.2. The lowest BCUT2D eigenvalue weighted by Crippen LogP contribution is -2.32. The number of amides is 1. The molecule has 1 aliphatic rings. The van der Waals surface area contributed by atoms with Gasteiger partial charge in [-0.05, 0) is 31.4 Å². The van der Waals surface area contributed by atoms with E-state index in [0.717, 1.165) is 24.2 Å². The van der Waals surface area contributed by atoms with E-state index in [-0.39, 0.29) is 22.1 Å². The zero-order valence-electron chi connectivity index (χ0n) is 15.3. The number of rotatable bonds is 9. The van der Waals surface area contributed by atoms with E-state index in [1.807, 2.05) is 25.1 Å². The number of nitrogens with zero attached hydrogens (tertiary/aromatic N) is 2. The van der Waals surface area contributed by atoms with Crippen LogP contribution in [-0.4, -0.2) is 49.9 Å². The molecule has 1 amide bonds. The fourth-order valence-corrected chi connectivity index (χ4v) is 4.62. The number of nitrogens with one attached hydrogen (secondary N) is 2. The fourth-order valence-electron chi connectivity index (χ4n) is 2.61. The zero-order valence-corrected chi connectivity index (χ0v) is 17.0. The maximum Gasteiger partial charge on any atom is 0.269 e. The van der Waals surface area contributed by atoms with Crippen molar-refractivity contribution in [1.29, 1.82) is 0 Å². The summed E-state index contributed by atoms with van der Waals surface area (Å²) >= 11 is 0.784. The van der Waals surface area contributed by atoms with Crippen LogP contribution < -0.4 is 14.8 Å². The molecule has 0 saturated carbocycles. The van der Waals surface area contributed by atoms with Crippen LogP contribution in [0.5, 0.6) is 5.75 Å². The summed E-state index contributed by atoms with van der Waals surface area (Å²) in [5.74, 6) is 0.155. The number of ether oxygens (including phenoxy) is 2. The van der Waals surface area contributed by atoms with Gasteiger partial charge in [0.25, 0.3) is 15.9 Å². The van der Waals surface area contributed by atoms with Gasteiger partial charge in [0, 0.05) is 13.2 Å². The van der Waals surface area contributed by atoms with Crippen LogP contribution in [0.15, 0.2) is 34.7 Å². The van der Waals surface area contributed by atoms with Gasteiger partial charge < -0.3 is 9.47 Å². The number of benzene rings is 1. The first-order valence-electron chi connectivity index (χ1n) is 8.95. The van der Waals surface area contributed by atoms with Crippen molar-refractivity contribution in [2.24, 2.45) is 0 Å². The number of sulfonamides is 1. The molecule has 9 nitrogen and oxygen atoms in total. The smallest absolute Gasteiger partial charge is 0.269 e. The zero-order chi connectivity index (χ0) is 20.0. The molecule has 1 fully saturated rings. The van der Waals surface area contributed by atoms with Crippen LogP contribution in [0.3, 0.4) is 0 Å². The highest BCUT2D eigenvalue weighted by Gasteiger charge is 2.25. The van der Waals surface area contributed by atoms with Gasteiger partial charge in [-0.2, -0.15) is 0 Å². The number of carbonyl (C=O) groups excluding carboxylic acids is 1. The summed E-state index contributed by atoms with van der Waals surface area (Å²) in [5.41, 5.74) is 0. The molecule has 152 valence electrons. The molecule has 11 heteroatoms. The number of hydrogen-bond donors (Lipinski definition) is 2. The standard InChI is InChI=1S/C17H22N4O5S2/c1-2-14(26-12-7-4-3-5-8-12)15(22)19-16-20-21-17(27-16)28(23,24)18-11-13-9-6-10-25-13/h3-5,7-8,13-14,18H,2,6,9-11H2,1H3,(H,19,20,22)/t13-,14-/m0/s1. The van der Waals surface area contributed by atoms with Gasteiger partial charge in [0.15, 0.2) is 6.10 Å². The molecule has 3 rings (SSSR count). The summed E-state index contributed by atoms with van der Waals surface area (Å²) in [6.07, 6.45) is 1.32. The molecule has 2 N–H and O–H groups in total. The average molecular weight is 427 g/mol. The maximum absolute atomic E-state index is 12.4. The first-order chi connectivity index (χ1) is 13.5. The van der Waals surface area contributed by atoms with Crippen molar-refractivity contribution in [3.05, 3.63) is 30.3 Å². The normalized spacial score (nSPS) is 18.0. The quantitative estimate of drug-likeness (QED) is 0.587. The second-order valence-electron chi connectivity index (χ2n) is 6.18. The van der Waals surface area contributed by atoms with Crippen LogP contribution in [0.1, 0.15) is 26.2 Å². The van der Waals surface area contributed by atoms with Crippen LogP contribution in [-0.2, 0) is 19.6 Å². The van der Waals surface area contributed by atoms with E-state index >= 15 is 0 Å². The second-order valence-corrected chi connectivity index (χ2v) is 9.10. The second kappa shape index (κ2) is 9.41. The van der Waals surface area contributed by atoms with Crippen LogP contribution >= 0.6 is 11.3 Å². The van der Waals surface area contributed by atoms with Gasteiger partial charge in [-0.25, -0.2) is 13.1 Å². The van der Waals surface area contributed by atoms with Gasteiger partial charge in [-0.15, -0.1) is 10.2 Å². The Hall–Kier alpha value is -2.08. The Morgan fingerprint density at radius 1 is 1.36 bits per heavy atom. The van der Waals surface area contributed by atoms with Gasteiger partial charge in [-0.1, -0.05) is 36.5 Å². The Morgan fingerprint density at radius 3 is 2.82 bits per heavy atom. The first-order valence-corrected chi connectivity index (χ1v) is 11.2. The molecule has 0 bridgehead atoms. The molecule has 1 saturated heterocycles. The Balaban J connectivity index is 1.58. The molecule has 1 aliphatic heterocycles. The maximum atomic E-state index is 12.4. The number of hydrogen-bond acceptors (Lipinski definition) is 8. The van der Waals surface area contributed by atoms with E-state index in [0.29, 0.717) is 18.8 Å². The number of para-hydroxylation sites is 1. The third-order valence-electron chi connectivity index (χ3n) is 4.08. The molecule has 2 atom stereocenters. The summed E-state index contributed by atoms with van der Waals surface area (Å²) in [6, 6.07) is 8.98. The molecule has 0 unspecified atom stereocenters. The van der Waals surface area contributed by atoms with E-state index in [9.17, 15) is 13.2 Å². The highest BCUT2D eigenvalue weighted by Crippen LogP contribution is 2.21. The van der Waals surface area contributed by atoms with Crippen LogP contribution in [0.25, 0.3) is 0 Å². The summed E-state index contributed by atoms with van der Waals surface area (Å²) in [7, 11) is -3.80. The lowest BCUT2D eigenvalue weighted by Gasteiger charge is -2.16. The molecule has 0 spiro atoms. The molecular weight excluding hydrogens is 404 g/mol. The van der Waals surface area contributed by atoms with Gasteiger partial charge in [0.05, 0.1) is 6.10 Å². The fraction of sp³-hybridized carbons (Fsp3) is 0.471. The molecule has 2 heterocycles. The van der Waals surface area contributed by atoms with Crippen molar-refractivity contribution in [2.45, 2.75) is 42.7 Å². The Bertz CT molecular complexity index is 882. The third kappa shape index (κ3) is 5.47. The number of carbonyl (C=O) groups is 1. The van der Waals surface area contributed by atoms with Crippen molar-refractivity contribution >= 4 is 32.4 Å². The molecule has 0 aliphatic carbocycles. The van der Waals surface area contributed by atoms with E-state index in [2.05, 4.69) is 20.2 Å². The minimum Gasteiger partial charge on any atom is -0.481 e. The SMILES string of the molecule is CC[C@H](Oc1ccccc1)C(=O)Nc1nnc(S(=O)(=O)NC[C@@H]2CCCO2)s1. The first kappa shape index (κ1) is 20.6. The van der Waals surface area contributed by atoms with E-state index in [1.165, 1.54) is 0 Å². The Kier molecular flexibility index (Phi) is 6.94. The minimum atomic E-state index is -3.80. The van der Waals surface area contributed by atoms with Crippen molar-refractivity contribution < 1.29 is 22.7 Å². The predicted molar refractivity (Wildman–Crippen MR) is 104 cm³/mol. The number of aromatic nitrogens is 2. The predicted octanol–water partition coefficient (Wildman–Crippen LogP) is 1.79. The summed E-state index contributed by atoms with van der Waals surface area (Å²) in [4.78, 5) is 12.4. The van der Waals surface area contributed by atoms with Crippen molar-refractivity contribution in [3.8, 4) is 5.75 Å². The van der Waals surface area contributed by atoms with E-state index < -0.39 is 22.0 Å². The highest BCUT2D eigenvalue weighted by atomic mass is 32.2. The Labute approximate surface area is 167 Å². The van der Waals surface area contributed by atoms with Crippen LogP contribution in [0.4, 0.5) is 5.13 Å². The summed E-state index contributed by atoms with van der Waals surface area (Å²) in [6.45, 7) is 2.65.